The second-order valence-corrected chi connectivity index (χ2v) is 7.85. The molecule has 0 unspecified atom stereocenters. The maximum Gasteiger partial charge on any atom is 0.411 e. The molecule has 0 spiro atoms. The van der Waals surface area contributed by atoms with Crippen LogP contribution in [0.3, 0.4) is 0 Å². The lowest BCUT2D eigenvalue weighted by Crippen LogP contribution is -2.24. The van der Waals surface area contributed by atoms with E-state index in [0.717, 1.165) is 0 Å². The standard InChI is InChI=1S/C23H21F3N4O4/c24-23(25,26)13-34-12-14-3-1-4-15(7-14)19-10-20(28-22(33)16-8-21(32)27-11-16)29-30(19)17-5-2-6-18(31)9-17/h1-7,9-10,16,31H,8,11-13H2,(H,27,32)(H,28,29,33)/t16-/m0/s1. The number of aromatic nitrogens is 2. The quantitative estimate of drug-likeness (QED) is 0.487. The van der Waals surface area contributed by atoms with Crippen molar-refractivity contribution in [2.75, 3.05) is 18.5 Å². The summed E-state index contributed by atoms with van der Waals surface area (Å²) in [5.41, 5.74) is 2.17. The van der Waals surface area contributed by atoms with E-state index in [1.165, 1.54) is 16.8 Å². The zero-order valence-electron chi connectivity index (χ0n) is 17.8. The molecule has 2 amide bonds. The van der Waals surface area contributed by atoms with Crippen LogP contribution in [0.2, 0.25) is 0 Å². The van der Waals surface area contributed by atoms with Gasteiger partial charge in [-0.2, -0.15) is 13.2 Å². The van der Waals surface area contributed by atoms with Crippen molar-refractivity contribution in [1.82, 2.24) is 15.1 Å². The van der Waals surface area contributed by atoms with Crippen molar-refractivity contribution >= 4 is 17.6 Å². The predicted octanol–water partition coefficient (Wildman–Crippen LogP) is 3.40. The Hall–Kier alpha value is -3.86. The van der Waals surface area contributed by atoms with Gasteiger partial charge in [0.05, 0.1) is 23.9 Å². The van der Waals surface area contributed by atoms with Gasteiger partial charge in [0.2, 0.25) is 11.8 Å². The van der Waals surface area contributed by atoms with E-state index in [2.05, 4.69) is 15.7 Å². The van der Waals surface area contributed by atoms with Crippen LogP contribution < -0.4 is 10.6 Å². The minimum atomic E-state index is -4.42. The summed E-state index contributed by atoms with van der Waals surface area (Å²) in [5.74, 6) is -0.845. The molecule has 2 heterocycles. The van der Waals surface area contributed by atoms with Crippen LogP contribution in [0.4, 0.5) is 19.0 Å². The Balaban J connectivity index is 1.63. The number of amides is 2. The third-order valence-corrected chi connectivity index (χ3v) is 5.14. The van der Waals surface area contributed by atoms with Gasteiger partial charge in [0, 0.05) is 30.7 Å². The SMILES string of the molecule is O=C1C[C@H](C(=O)Nc2cc(-c3cccc(COCC(F)(F)F)c3)n(-c3cccc(O)c3)n2)CN1. The monoisotopic (exact) mass is 474 g/mol. The van der Waals surface area contributed by atoms with Crippen LogP contribution in [0.25, 0.3) is 16.9 Å². The van der Waals surface area contributed by atoms with Crippen molar-refractivity contribution in [2.45, 2.75) is 19.2 Å². The summed E-state index contributed by atoms with van der Waals surface area (Å²) in [4.78, 5) is 24.0. The topological polar surface area (TPSA) is 105 Å². The number of hydrogen-bond acceptors (Lipinski definition) is 5. The number of anilines is 1. The number of rotatable bonds is 7. The second kappa shape index (κ2) is 9.56. The number of phenolic OH excluding ortho intramolecular Hbond substituents is 1. The molecule has 0 radical (unpaired) electrons. The number of nitrogens with one attached hydrogen (secondary N) is 2. The lowest BCUT2D eigenvalue weighted by Gasteiger charge is -2.10. The third-order valence-electron chi connectivity index (χ3n) is 5.14. The number of halogens is 3. The normalized spacial score (nSPS) is 15.9. The molecule has 1 aliphatic heterocycles. The van der Waals surface area contributed by atoms with E-state index in [-0.39, 0.29) is 43.0 Å². The molecule has 1 aliphatic rings. The first-order valence-corrected chi connectivity index (χ1v) is 10.4. The highest BCUT2D eigenvalue weighted by molar-refractivity contribution is 5.97. The zero-order chi connectivity index (χ0) is 24.3. The van der Waals surface area contributed by atoms with Crippen LogP contribution in [-0.4, -0.2) is 46.0 Å². The van der Waals surface area contributed by atoms with Gasteiger partial charge in [-0.3, -0.25) is 9.59 Å². The van der Waals surface area contributed by atoms with E-state index in [9.17, 15) is 27.9 Å². The van der Waals surface area contributed by atoms with Gasteiger partial charge in [-0.05, 0) is 23.8 Å². The lowest BCUT2D eigenvalue weighted by atomic mass is 10.1. The highest BCUT2D eigenvalue weighted by Crippen LogP contribution is 2.29. The maximum absolute atomic E-state index is 12.6. The van der Waals surface area contributed by atoms with Crippen molar-refractivity contribution in [3.8, 4) is 22.7 Å². The van der Waals surface area contributed by atoms with Crippen molar-refractivity contribution in [2.24, 2.45) is 5.92 Å². The zero-order valence-corrected chi connectivity index (χ0v) is 17.8. The molecule has 3 N–H and O–H groups in total. The van der Waals surface area contributed by atoms with Crippen molar-refractivity contribution < 1.29 is 32.6 Å². The molecular weight excluding hydrogens is 453 g/mol. The summed E-state index contributed by atoms with van der Waals surface area (Å²) >= 11 is 0. The molecule has 1 fully saturated rings. The lowest BCUT2D eigenvalue weighted by molar-refractivity contribution is -0.176. The molecular formula is C23H21F3N4O4. The molecule has 0 saturated carbocycles. The molecule has 0 bridgehead atoms. The summed E-state index contributed by atoms with van der Waals surface area (Å²) in [5, 5.41) is 19.7. The molecule has 1 saturated heterocycles. The fraction of sp³-hybridized carbons (Fsp3) is 0.261. The number of aromatic hydroxyl groups is 1. The number of carbonyl (C=O) groups is 2. The van der Waals surface area contributed by atoms with Gasteiger partial charge in [-0.1, -0.05) is 24.3 Å². The van der Waals surface area contributed by atoms with Gasteiger partial charge in [0.15, 0.2) is 5.82 Å². The molecule has 0 aliphatic carbocycles. The highest BCUT2D eigenvalue weighted by Gasteiger charge is 2.29. The Morgan fingerprint density at radius 2 is 2.00 bits per heavy atom. The van der Waals surface area contributed by atoms with Crippen molar-refractivity contribution in [3.63, 3.8) is 0 Å². The fourth-order valence-electron chi connectivity index (χ4n) is 3.59. The molecule has 2 aromatic carbocycles. The molecule has 34 heavy (non-hydrogen) atoms. The van der Waals surface area contributed by atoms with E-state index < -0.39 is 18.7 Å². The number of hydrogen-bond donors (Lipinski definition) is 3. The van der Waals surface area contributed by atoms with Gasteiger partial charge in [-0.25, -0.2) is 4.68 Å². The van der Waals surface area contributed by atoms with E-state index >= 15 is 0 Å². The van der Waals surface area contributed by atoms with Gasteiger partial charge in [0.1, 0.15) is 12.4 Å². The highest BCUT2D eigenvalue weighted by atomic mass is 19.4. The van der Waals surface area contributed by atoms with Gasteiger partial charge < -0.3 is 20.5 Å². The molecule has 11 heteroatoms. The third kappa shape index (κ3) is 5.73. The van der Waals surface area contributed by atoms with Crippen molar-refractivity contribution in [3.05, 3.63) is 60.2 Å². The number of alkyl halides is 3. The van der Waals surface area contributed by atoms with Gasteiger partial charge in [-0.15, -0.1) is 5.10 Å². The van der Waals surface area contributed by atoms with Gasteiger partial charge in [0.25, 0.3) is 0 Å². The Labute approximate surface area is 192 Å². The number of carbonyl (C=O) groups excluding carboxylic acids is 2. The first-order chi connectivity index (χ1) is 16.2. The number of phenols is 1. The second-order valence-electron chi connectivity index (χ2n) is 7.85. The Morgan fingerprint density at radius 1 is 1.21 bits per heavy atom. The van der Waals surface area contributed by atoms with Crippen LogP contribution >= 0.6 is 0 Å². The summed E-state index contributed by atoms with van der Waals surface area (Å²) in [6.07, 6.45) is -4.33. The summed E-state index contributed by atoms with van der Waals surface area (Å²) in [6, 6.07) is 14.7. The van der Waals surface area contributed by atoms with Crippen molar-refractivity contribution in [1.29, 1.82) is 0 Å². The summed E-state index contributed by atoms with van der Waals surface area (Å²) in [6.45, 7) is -1.35. The molecule has 4 rings (SSSR count). The average molecular weight is 474 g/mol. The minimum Gasteiger partial charge on any atom is -0.508 e. The summed E-state index contributed by atoms with van der Waals surface area (Å²) in [7, 11) is 0. The largest absolute Gasteiger partial charge is 0.508 e. The Morgan fingerprint density at radius 3 is 2.71 bits per heavy atom. The van der Waals surface area contributed by atoms with E-state index in [4.69, 9.17) is 4.74 Å². The first kappa shape index (κ1) is 23.3. The first-order valence-electron chi connectivity index (χ1n) is 10.4. The molecule has 1 atom stereocenters. The number of ether oxygens (including phenoxy) is 1. The smallest absolute Gasteiger partial charge is 0.411 e. The van der Waals surface area contributed by atoms with Crippen LogP contribution in [0.1, 0.15) is 12.0 Å². The van der Waals surface area contributed by atoms with E-state index in [1.54, 1.807) is 42.5 Å². The summed E-state index contributed by atoms with van der Waals surface area (Å²) < 4.78 is 43.5. The van der Waals surface area contributed by atoms with Gasteiger partial charge >= 0.3 is 6.18 Å². The van der Waals surface area contributed by atoms with E-state index in [1.807, 2.05) is 0 Å². The maximum atomic E-state index is 12.6. The number of benzene rings is 2. The van der Waals surface area contributed by atoms with Crippen LogP contribution in [-0.2, 0) is 20.9 Å². The minimum absolute atomic E-state index is 0.00868. The van der Waals surface area contributed by atoms with E-state index in [0.29, 0.717) is 22.5 Å². The molecule has 8 nitrogen and oxygen atoms in total. The Kier molecular flexibility index (Phi) is 6.55. The number of nitrogens with zero attached hydrogens (tertiary/aromatic N) is 2. The fourth-order valence-corrected chi connectivity index (χ4v) is 3.59. The molecule has 1 aromatic heterocycles. The molecule has 3 aromatic rings. The predicted molar refractivity (Wildman–Crippen MR) is 116 cm³/mol. The Bertz CT molecular complexity index is 1210. The van der Waals surface area contributed by atoms with Crippen LogP contribution in [0, 0.1) is 5.92 Å². The van der Waals surface area contributed by atoms with Crippen LogP contribution in [0.15, 0.2) is 54.6 Å². The van der Waals surface area contributed by atoms with Crippen LogP contribution in [0.5, 0.6) is 5.75 Å². The average Bonchev–Trinajstić information content (AvgIpc) is 3.40. The molecule has 178 valence electrons.